The van der Waals surface area contributed by atoms with E-state index >= 15 is 0 Å². The fourth-order valence-electron chi connectivity index (χ4n) is 1.77. The van der Waals surface area contributed by atoms with Crippen molar-refractivity contribution in [3.05, 3.63) is 33.6 Å². The van der Waals surface area contributed by atoms with Crippen molar-refractivity contribution in [3.63, 3.8) is 0 Å². The number of thiazole rings is 1. The Morgan fingerprint density at radius 1 is 1.24 bits per heavy atom. The number of hydrogen-bond acceptors (Lipinski definition) is 6. The zero-order chi connectivity index (χ0) is 15.1. The second-order valence-electron chi connectivity index (χ2n) is 4.45. The fraction of sp³-hybridized carbons (Fsp3) is 0.462. The Kier molecular flexibility index (Phi) is 6.31. The van der Waals surface area contributed by atoms with Crippen LogP contribution >= 0.6 is 22.7 Å². The summed E-state index contributed by atoms with van der Waals surface area (Å²) in [6, 6.07) is 3.56. The number of sulfonamides is 1. The van der Waals surface area contributed by atoms with Crippen LogP contribution in [-0.4, -0.2) is 33.0 Å². The van der Waals surface area contributed by atoms with Crippen LogP contribution in [0, 0.1) is 0 Å². The number of likely N-dealkylation sites (N-methyl/N-ethyl adjacent to an activating group) is 1. The van der Waals surface area contributed by atoms with E-state index in [2.05, 4.69) is 21.9 Å². The molecule has 0 unspecified atom stereocenters. The van der Waals surface area contributed by atoms with Crippen LogP contribution in [0.1, 0.15) is 17.5 Å². The zero-order valence-corrected chi connectivity index (χ0v) is 14.3. The summed E-state index contributed by atoms with van der Waals surface area (Å²) in [6.45, 7) is 4.22. The Hall–Kier alpha value is -0.800. The van der Waals surface area contributed by atoms with Gasteiger partial charge in [0.2, 0.25) is 10.0 Å². The van der Waals surface area contributed by atoms with Crippen molar-refractivity contribution in [2.45, 2.75) is 24.0 Å². The minimum Gasteiger partial charge on any atom is -0.317 e. The second kappa shape index (κ2) is 8.00. The van der Waals surface area contributed by atoms with Gasteiger partial charge in [-0.25, -0.2) is 18.1 Å². The number of nitrogens with zero attached hydrogens (tertiary/aromatic N) is 1. The normalized spacial score (nSPS) is 11.9. The minimum atomic E-state index is -3.40. The fourth-order valence-corrected chi connectivity index (χ4v) is 4.80. The van der Waals surface area contributed by atoms with Crippen molar-refractivity contribution >= 4 is 32.7 Å². The third-order valence-electron chi connectivity index (χ3n) is 2.86. The van der Waals surface area contributed by atoms with Crippen LogP contribution in [0.3, 0.4) is 0 Å². The first-order valence-electron chi connectivity index (χ1n) is 6.78. The molecule has 21 heavy (non-hydrogen) atoms. The molecule has 0 bridgehead atoms. The molecule has 0 aromatic carbocycles. The molecule has 0 fully saturated rings. The Labute approximate surface area is 133 Å². The first-order valence-corrected chi connectivity index (χ1v) is 10.0. The number of nitrogens with one attached hydrogen (secondary N) is 2. The van der Waals surface area contributed by atoms with E-state index in [-0.39, 0.29) is 0 Å². The van der Waals surface area contributed by atoms with Gasteiger partial charge in [-0.3, -0.25) is 0 Å². The molecule has 116 valence electrons. The summed E-state index contributed by atoms with van der Waals surface area (Å²) in [5.74, 6) is 0. The number of hydrogen-bond donors (Lipinski definition) is 2. The van der Waals surface area contributed by atoms with Gasteiger partial charge in [0.05, 0.1) is 11.2 Å². The lowest BCUT2D eigenvalue weighted by atomic mass is 10.3. The molecule has 0 amide bonds. The number of thiophene rings is 1. The smallest absolute Gasteiger partial charge is 0.250 e. The third kappa shape index (κ3) is 5.15. The summed E-state index contributed by atoms with van der Waals surface area (Å²) < 4.78 is 27.3. The average molecular weight is 346 g/mol. The monoisotopic (exact) mass is 345 g/mol. The minimum absolute atomic E-state index is 0.372. The molecule has 0 saturated carbocycles. The summed E-state index contributed by atoms with van der Waals surface area (Å²) in [6.07, 6.45) is 1.47. The zero-order valence-electron chi connectivity index (χ0n) is 11.8. The van der Waals surface area contributed by atoms with Gasteiger partial charge in [0.15, 0.2) is 0 Å². The molecule has 2 aromatic rings. The average Bonchev–Trinajstić information content (AvgIpc) is 3.10. The highest BCUT2D eigenvalue weighted by molar-refractivity contribution is 7.91. The first-order chi connectivity index (χ1) is 10.1. The van der Waals surface area contributed by atoms with E-state index < -0.39 is 10.0 Å². The van der Waals surface area contributed by atoms with E-state index in [1.165, 1.54) is 22.7 Å². The third-order valence-corrected chi connectivity index (χ3v) is 6.59. The van der Waals surface area contributed by atoms with Gasteiger partial charge in [-0.15, -0.1) is 22.7 Å². The predicted molar refractivity (Wildman–Crippen MR) is 87.6 cm³/mol. The van der Waals surface area contributed by atoms with E-state index in [1.54, 1.807) is 11.6 Å². The molecule has 8 heteroatoms. The van der Waals surface area contributed by atoms with Crippen LogP contribution in [0.25, 0.3) is 0 Å². The molecule has 0 aliphatic carbocycles. The molecule has 2 rings (SSSR count). The largest absolute Gasteiger partial charge is 0.317 e. The lowest BCUT2D eigenvalue weighted by Crippen LogP contribution is -2.25. The highest BCUT2D eigenvalue weighted by Crippen LogP contribution is 2.21. The molecule has 0 aliphatic rings. The Balaban J connectivity index is 1.86. The quantitative estimate of drug-likeness (QED) is 0.681. The molecule has 2 N–H and O–H groups in total. The maximum atomic E-state index is 12.2. The van der Waals surface area contributed by atoms with Gasteiger partial charge < -0.3 is 5.32 Å². The second-order valence-corrected chi connectivity index (χ2v) is 8.33. The van der Waals surface area contributed by atoms with Crippen LogP contribution in [0.15, 0.2) is 27.2 Å². The van der Waals surface area contributed by atoms with E-state index in [0.717, 1.165) is 30.1 Å². The molecule has 0 saturated heterocycles. The molecule has 0 atom stereocenters. The van der Waals surface area contributed by atoms with E-state index in [0.29, 0.717) is 17.2 Å². The van der Waals surface area contributed by atoms with E-state index in [4.69, 9.17) is 0 Å². The van der Waals surface area contributed by atoms with Crippen molar-refractivity contribution in [1.29, 1.82) is 0 Å². The SMILES string of the molecule is CCNCCc1ccc(S(=O)(=O)NCCc2cscn2)s1. The maximum Gasteiger partial charge on any atom is 0.250 e. The number of aromatic nitrogens is 1. The van der Waals surface area contributed by atoms with Crippen LogP contribution in [0.5, 0.6) is 0 Å². The van der Waals surface area contributed by atoms with E-state index in [9.17, 15) is 8.42 Å². The maximum absolute atomic E-state index is 12.2. The van der Waals surface area contributed by atoms with Crippen molar-refractivity contribution < 1.29 is 8.42 Å². The molecule has 0 radical (unpaired) electrons. The van der Waals surface area contributed by atoms with Gasteiger partial charge in [-0.05, 0) is 31.6 Å². The molecule has 0 aliphatic heterocycles. The summed E-state index contributed by atoms with van der Waals surface area (Å²) in [7, 11) is -3.40. The molecule has 0 spiro atoms. The molecule has 2 heterocycles. The highest BCUT2D eigenvalue weighted by Gasteiger charge is 2.16. The predicted octanol–water partition coefficient (Wildman–Crippen LogP) is 1.88. The lowest BCUT2D eigenvalue weighted by Gasteiger charge is -2.03. The van der Waals surface area contributed by atoms with Crippen molar-refractivity contribution in [2.75, 3.05) is 19.6 Å². The van der Waals surface area contributed by atoms with Crippen LogP contribution in [-0.2, 0) is 22.9 Å². The van der Waals surface area contributed by atoms with Crippen LogP contribution in [0.2, 0.25) is 0 Å². The molecule has 2 aromatic heterocycles. The first kappa shape index (κ1) is 16.6. The van der Waals surface area contributed by atoms with Gasteiger partial charge >= 0.3 is 0 Å². The summed E-state index contributed by atoms with van der Waals surface area (Å²) >= 11 is 2.85. The molecular weight excluding hydrogens is 326 g/mol. The Morgan fingerprint density at radius 2 is 2.10 bits per heavy atom. The highest BCUT2D eigenvalue weighted by atomic mass is 32.2. The van der Waals surface area contributed by atoms with Gasteiger partial charge in [-0.1, -0.05) is 6.92 Å². The number of rotatable bonds is 9. The van der Waals surface area contributed by atoms with Gasteiger partial charge in [0.25, 0.3) is 0 Å². The van der Waals surface area contributed by atoms with Gasteiger partial charge in [-0.2, -0.15) is 0 Å². The standard InChI is InChI=1S/C13H19N3O2S3/c1-2-14-7-6-12-3-4-13(20-12)21(17,18)16-8-5-11-9-19-10-15-11/h3-4,9-10,14,16H,2,5-8H2,1H3. The lowest BCUT2D eigenvalue weighted by molar-refractivity contribution is 0.583. The van der Waals surface area contributed by atoms with Crippen LogP contribution < -0.4 is 10.0 Å². The summed E-state index contributed by atoms with van der Waals surface area (Å²) in [5.41, 5.74) is 2.67. The summed E-state index contributed by atoms with van der Waals surface area (Å²) in [5, 5.41) is 5.16. The van der Waals surface area contributed by atoms with Gasteiger partial charge in [0, 0.05) is 23.2 Å². The summed E-state index contributed by atoms with van der Waals surface area (Å²) in [4.78, 5) is 5.21. The Morgan fingerprint density at radius 3 is 2.81 bits per heavy atom. The molecule has 5 nitrogen and oxygen atoms in total. The van der Waals surface area contributed by atoms with Crippen molar-refractivity contribution in [3.8, 4) is 0 Å². The van der Waals surface area contributed by atoms with E-state index in [1.807, 2.05) is 11.4 Å². The molecular formula is C13H19N3O2S3. The van der Waals surface area contributed by atoms with Crippen LogP contribution in [0.4, 0.5) is 0 Å². The topological polar surface area (TPSA) is 71.1 Å². The Bertz CT molecular complexity index is 635. The van der Waals surface area contributed by atoms with Crippen molar-refractivity contribution in [2.24, 2.45) is 0 Å². The van der Waals surface area contributed by atoms with Gasteiger partial charge in [0.1, 0.15) is 4.21 Å². The van der Waals surface area contributed by atoms with Crippen molar-refractivity contribution in [1.82, 2.24) is 15.0 Å².